The van der Waals surface area contributed by atoms with Gasteiger partial charge in [-0.25, -0.2) is 5.43 Å². The summed E-state index contributed by atoms with van der Waals surface area (Å²) in [5, 5.41) is 12.7. The van der Waals surface area contributed by atoms with Crippen molar-refractivity contribution in [2.75, 3.05) is 14.2 Å². The molecule has 0 fully saturated rings. The van der Waals surface area contributed by atoms with Crippen molar-refractivity contribution in [1.82, 2.24) is 26.2 Å². The highest BCUT2D eigenvalue weighted by molar-refractivity contribution is 6.35. The van der Waals surface area contributed by atoms with Crippen molar-refractivity contribution >= 4 is 23.4 Å². The Bertz CT molecular complexity index is 1000. The largest absolute Gasteiger partial charge is 0.493 e. The van der Waals surface area contributed by atoms with Crippen LogP contribution in [-0.4, -0.2) is 53.8 Å². The van der Waals surface area contributed by atoms with Gasteiger partial charge in [0.25, 0.3) is 0 Å². The van der Waals surface area contributed by atoms with Gasteiger partial charge >= 0.3 is 11.8 Å². The molecule has 0 aliphatic rings. The van der Waals surface area contributed by atoms with Crippen LogP contribution in [0.5, 0.6) is 11.5 Å². The highest BCUT2D eigenvalue weighted by Crippen LogP contribution is 2.31. The standard InChI is InChI=1S/C20H26N6O6/c1-11(2)22-19(28)20(29)25-24-12(3)8-16(27)21-10-17-23-18(26-32-17)13-6-7-14(30-4)15(9-13)31-5/h6-7,9,11H,8,10H2,1-5H3,(H,21,27)(H,22,28)(H,25,29)/b24-12+. The van der Waals surface area contributed by atoms with Gasteiger partial charge in [-0.15, -0.1) is 0 Å². The Morgan fingerprint density at radius 2 is 1.84 bits per heavy atom. The third-order valence-electron chi connectivity index (χ3n) is 3.94. The zero-order chi connectivity index (χ0) is 23.7. The van der Waals surface area contributed by atoms with E-state index >= 15 is 0 Å². The van der Waals surface area contributed by atoms with Crippen molar-refractivity contribution in [2.45, 2.75) is 39.8 Å². The van der Waals surface area contributed by atoms with Crippen LogP contribution in [0, 0.1) is 0 Å². The van der Waals surface area contributed by atoms with Gasteiger partial charge in [0.2, 0.25) is 17.6 Å². The van der Waals surface area contributed by atoms with Crippen LogP contribution in [0.1, 0.15) is 33.1 Å². The molecule has 2 aromatic rings. The van der Waals surface area contributed by atoms with E-state index in [0.717, 1.165) is 0 Å². The lowest BCUT2D eigenvalue weighted by Gasteiger charge is -2.07. The van der Waals surface area contributed by atoms with Crippen LogP contribution in [0.3, 0.4) is 0 Å². The maximum Gasteiger partial charge on any atom is 0.329 e. The molecule has 0 unspecified atom stereocenters. The molecule has 1 heterocycles. The summed E-state index contributed by atoms with van der Waals surface area (Å²) in [6.45, 7) is 5.01. The fraction of sp³-hybridized carbons (Fsp3) is 0.400. The lowest BCUT2D eigenvalue weighted by atomic mass is 10.2. The Balaban J connectivity index is 1.87. The Labute approximate surface area is 184 Å². The predicted molar refractivity (Wildman–Crippen MR) is 114 cm³/mol. The van der Waals surface area contributed by atoms with Gasteiger partial charge in [-0.2, -0.15) is 10.1 Å². The first-order valence-electron chi connectivity index (χ1n) is 9.69. The van der Waals surface area contributed by atoms with E-state index in [9.17, 15) is 14.4 Å². The monoisotopic (exact) mass is 446 g/mol. The van der Waals surface area contributed by atoms with Crippen LogP contribution < -0.4 is 25.5 Å². The van der Waals surface area contributed by atoms with Crippen LogP contribution in [0.2, 0.25) is 0 Å². The Morgan fingerprint density at radius 1 is 1.12 bits per heavy atom. The fourth-order valence-electron chi connectivity index (χ4n) is 2.45. The number of hydrazone groups is 1. The molecule has 3 amide bonds. The summed E-state index contributed by atoms with van der Waals surface area (Å²) in [5.41, 5.74) is 3.07. The molecule has 0 aliphatic carbocycles. The van der Waals surface area contributed by atoms with Gasteiger partial charge < -0.3 is 24.6 Å². The summed E-state index contributed by atoms with van der Waals surface area (Å²) in [6, 6.07) is 5.01. The predicted octanol–water partition coefficient (Wildman–Crippen LogP) is 0.777. The summed E-state index contributed by atoms with van der Waals surface area (Å²) in [6.07, 6.45) is -0.0945. The summed E-state index contributed by atoms with van der Waals surface area (Å²) in [5.74, 6) is -0.464. The molecule has 2 rings (SSSR count). The molecule has 1 aromatic carbocycles. The third-order valence-corrected chi connectivity index (χ3v) is 3.94. The van der Waals surface area contributed by atoms with Crippen LogP contribution >= 0.6 is 0 Å². The number of hydrogen-bond donors (Lipinski definition) is 3. The minimum Gasteiger partial charge on any atom is -0.493 e. The van der Waals surface area contributed by atoms with E-state index in [1.165, 1.54) is 14.2 Å². The van der Waals surface area contributed by atoms with E-state index in [1.807, 2.05) is 0 Å². The van der Waals surface area contributed by atoms with Crippen molar-refractivity contribution in [3.05, 3.63) is 24.1 Å². The van der Waals surface area contributed by atoms with E-state index in [1.54, 1.807) is 39.0 Å². The smallest absolute Gasteiger partial charge is 0.329 e. The molecule has 12 heteroatoms. The number of ether oxygens (including phenoxy) is 2. The van der Waals surface area contributed by atoms with Crippen molar-refractivity contribution in [3.63, 3.8) is 0 Å². The highest BCUT2D eigenvalue weighted by atomic mass is 16.5. The zero-order valence-electron chi connectivity index (χ0n) is 18.5. The van der Waals surface area contributed by atoms with E-state index in [-0.39, 0.29) is 30.8 Å². The van der Waals surface area contributed by atoms with Gasteiger partial charge in [0.1, 0.15) is 0 Å². The molecule has 0 aliphatic heterocycles. The zero-order valence-corrected chi connectivity index (χ0v) is 18.5. The maximum absolute atomic E-state index is 12.1. The molecule has 0 atom stereocenters. The first kappa shape index (κ1) is 24.3. The van der Waals surface area contributed by atoms with Gasteiger partial charge in [-0.1, -0.05) is 5.16 Å². The molecule has 0 bridgehead atoms. The minimum absolute atomic E-state index is 0.00948. The summed E-state index contributed by atoms with van der Waals surface area (Å²) < 4.78 is 15.6. The van der Waals surface area contributed by atoms with E-state index in [0.29, 0.717) is 28.6 Å². The van der Waals surface area contributed by atoms with E-state index < -0.39 is 11.8 Å². The number of carbonyl (C=O) groups excluding carboxylic acids is 3. The molecule has 3 N–H and O–H groups in total. The molecule has 1 aromatic heterocycles. The Morgan fingerprint density at radius 3 is 2.50 bits per heavy atom. The number of nitrogens with one attached hydrogen (secondary N) is 3. The number of amides is 3. The second kappa shape index (κ2) is 11.4. The Hall–Kier alpha value is -3.96. The van der Waals surface area contributed by atoms with Crippen LogP contribution in [0.25, 0.3) is 11.4 Å². The average molecular weight is 446 g/mol. The number of nitrogens with zero attached hydrogens (tertiary/aromatic N) is 3. The summed E-state index contributed by atoms with van der Waals surface area (Å²) in [4.78, 5) is 39.4. The van der Waals surface area contributed by atoms with E-state index in [4.69, 9.17) is 14.0 Å². The molecule has 172 valence electrons. The van der Waals surface area contributed by atoms with Crippen molar-refractivity contribution in [2.24, 2.45) is 5.10 Å². The third kappa shape index (κ3) is 7.07. The second-order valence-electron chi connectivity index (χ2n) is 6.95. The second-order valence-corrected chi connectivity index (χ2v) is 6.95. The van der Waals surface area contributed by atoms with Gasteiger partial charge in [0.05, 0.1) is 27.2 Å². The number of benzene rings is 1. The number of rotatable bonds is 9. The molecular weight excluding hydrogens is 420 g/mol. The first-order chi connectivity index (χ1) is 15.2. The number of hydrogen-bond acceptors (Lipinski definition) is 9. The van der Waals surface area contributed by atoms with Gasteiger partial charge in [0.15, 0.2) is 11.5 Å². The average Bonchev–Trinajstić information content (AvgIpc) is 3.24. The molecule has 0 spiro atoms. The van der Waals surface area contributed by atoms with Crippen LogP contribution in [0.15, 0.2) is 27.8 Å². The van der Waals surface area contributed by atoms with Crippen LogP contribution in [0.4, 0.5) is 0 Å². The quantitative estimate of drug-likeness (QED) is 0.290. The van der Waals surface area contributed by atoms with Crippen molar-refractivity contribution in [3.8, 4) is 22.9 Å². The van der Waals surface area contributed by atoms with Gasteiger partial charge in [-0.05, 0) is 39.0 Å². The molecule has 0 radical (unpaired) electrons. The highest BCUT2D eigenvalue weighted by Gasteiger charge is 2.15. The normalized spacial score (nSPS) is 11.1. The molecule has 0 saturated carbocycles. The number of methoxy groups -OCH3 is 2. The lowest BCUT2D eigenvalue weighted by molar-refractivity contribution is -0.139. The SMILES string of the molecule is COc1ccc(-c2noc(CNC(=O)C/C(C)=N/NC(=O)C(=O)NC(C)C)n2)cc1OC. The van der Waals surface area contributed by atoms with E-state index in [2.05, 4.69) is 31.3 Å². The van der Waals surface area contributed by atoms with Crippen LogP contribution in [-0.2, 0) is 20.9 Å². The number of aromatic nitrogens is 2. The molecule has 32 heavy (non-hydrogen) atoms. The van der Waals surface area contributed by atoms with Crippen molar-refractivity contribution < 1.29 is 28.4 Å². The Kier molecular flexibility index (Phi) is 8.69. The van der Waals surface area contributed by atoms with Crippen molar-refractivity contribution in [1.29, 1.82) is 0 Å². The first-order valence-corrected chi connectivity index (χ1v) is 9.69. The molecular formula is C20H26N6O6. The lowest BCUT2D eigenvalue weighted by Crippen LogP contribution is -2.41. The van der Waals surface area contributed by atoms with Gasteiger partial charge in [0, 0.05) is 17.3 Å². The summed E-state index contributed by atoms with van der Waals surface area (Å²) in [7, 11) is 3.06. The van der Waals surface area contributed by atoms with Gasteiger partial charge in [-0.3, -0.25) is 14.4 Å². The molecule has 0 saturated heterocycles. The summed E-state index contributed by atoms with van der Waals surface area (Å²) >= 11 is 0. The topological polar surface area (TPSA) is 157 Å². The molecule has 12 nitrogen and oxygen atoms in total. The minimum atomic E-state index is -0.910. The number of carbonyl (C=O) groups is 3. The fourth-order valence-corrected chi connectivity index (χ4v) is 2.45. The maximum atomic E-state index is 12.1.